The molecule has 9 nitrogen and oxygen atoms in total. The number of fused-ring (bicyclic) bond motifs is 1. The Morgan fingerprint density at radius 2 is 1.95 bits per heavy atom. The molecule has 0 saturated carbocycles. The zero-order valence-corrected chi connectivity index (χ0v) is 23.3. The van der Waals surface area contributed by atoms with E-state index in [0.717, 1.165) is 24.8 Å². The quantitative estimate of drug-likeness (QED) is 0.449. The number of halogens is 1. The molecular weight excluding hydrogens is 514 g/mol. The number of alkyl carbamates (subject to hydrolysis) is 1. The number of carbonyl (C=O) groups is 1. The highest BCUT2D eigenvalue weighted by Crippen LogP contribution is 2.52. The van der Waals surface area contributed by atoms with Crippen molar-refractivity contribution in [3.05, 3.63) is 64.1 Å². The van der Waals surface area contributed by atoms with Crippen LogP contribution in [0.2, 0.25) is 5.02 Å². The van der Waals surface area contributed by atoms with E-state index in [4.69, 9.17) is 27.1 Å². The number of nitriles is 1. The highest BCUT2D eigenvalue weighted by atomic mass is 35.5. The summed E-state index contributed by atoms with van der Waals surface area (Å²) < 4.78 is 5.61. The van der Waals surface area contributed by atoms with Gasteiger partial charge in [0.25, 0.3) is 0 Å². The van der Waals surface area contributed by atoms with Crippen LogP contribution in [0.15, 0.2) is 36.5 Å². The number of nitrogens with two attached hydrogens (primary N) is 1. The van der Waals surface area contributed by atoms with Crippen molar-refractivity contribution in [2.45, 2.75) is 58.6 Å². The Labute approximate surface area is 233 Å². The van der Waals surface area contributed by atoms with Gasteiger partial charge in [-0.05, 0) is 64.2 Å². The first-order chi connectivity index (χ1) is 18.5. The van der Waals surface area contributed by atoms with Crippen molar-refractivity contribution in [1.82, 2.24) is 20.3 Å². The molecule has 3 aromatic rings. The number of nitrogens with zero attached hydrogens (tertiary/aromatic N) is 5. The Balaban J connectivity index is 1.40. The van der Waals surface area contributed by atoms with E-state index in [-0.39, 0.29) is 28.0 Å². The molecule has 2 aliphatic rings. The van der Waals surface area contributed by atoms with Gasteiger partial charge in [0.05, 0.1) is 16.8 Å². The second-order valence-electron chi connectivity index (χ2n) is 11.3. The number of ether oxygens (including phenoxy) is 1. The molecule has 0 radical (unpaired) electrons. The summed E-state index contributed by atoms with van der Waals surface area (Å²) in [4.78, 5) is 28.3. The topological polar surface area (TPSA) is 130 Å². The maximum Gasteiger partial charge on any atom is 0.408 e. The van der Waals surface area contributed by atoms with Gasteiger partial charge in [-0.3, -0.25) is 0 Å². The third-order valence-corrected chi connectivity index (χ3v) is 7.99. The lowest BCUT2D eigenvalue weighted by Crippen LogP contribution is -2.48. The number of anilines is 2. The van der Waals surface area contributed by atoms with Crippen LogP contribution in [0.5, 0.6) is 0 Å². The van der Waals surface area contributed by atoms with Gasteiger partial charge < -0.3 is 20.7 Å². The number of hydrogen-bond donors (Lipinski definition) is 2. The van der Waals surface area contributed by atoms with Crippen LogP contribution in [0, 0.1) is 23.7 Å². The average Bonchev–Trinajstić information content (AvgIpc) is 3.17. The predicted molar refractivity (Wildman–Crippen MR) is 150 cm³/mol. The lowest BCUT2D eigenvalue weighted by atomic mass is 9.73. The summed E-state index contributed by atoms with van der Waals surface area (Å²) in [7, 11) is 0. The van der Waals surface area contributed by atoms with Gasteiger partial charge >= 0.3 is 6.09 Å². The average molecular weight is 546 g/mol. The minimum Gasteiger partial charge on any atom is -0.444 e. The number of amides is 1. The Hall–Kier alpha value is -3.90. The maximum atomic E-state index is 12.8. The van der Waals surface area contributed by atoms with E-state index >= 15 is 0 Å². The number of nitrogens with one attached hydrogen (secondary N) is 1. The van der Waals surface area contributed by atoms with Crippen LogP contribution in [0.4, 0.5) is 16.6 Å². The minimum atomic E-state index is -0.579. The first-order valence-electron chi connectivity index (χ1n) is 13.0. The Kier molecular flexibility index (Phi) is 6.85. The van der Waals surface area contributed by atoms with Crippen LogP contribution < -0.4 is 16.0 Å². The number of aromatic nitrogens is 3. The second kappa shape index (κ2) is 10.0. The number of pyridine rings is 1. The Morgan fingerprint density at radius 3 is 2.64 bits per heavy atom. The standard InChI is InChI=1S/C29H32ClN7O2/c1-17-22(20-9-12-33-25(32)23(20)30)21(16-31)35-26(34-17)37-13-10-29(11-14-37)15-18-7-5-6-8-19(18)24(29)36-27(38)39-28(2,3)4/h5-9,12,24H,10-11,13-15H2,1-4H3,(H2,32,33)(H,36,38)/t24-/m1/s1. The molecule has 0 bridgehead atoms. The summed E-state index contributed by atoms with van der Waals surface area (Å²) in [5.74, 6) is 0.697. The normalized spacial score (nSPS) is 17.9. The molecule has 1 aliphatic heterocycles. The van der Waals surface area contributed by atoms with Crippen molar-refractivity contribution >= 4 is 29.5 Å². The van der Waals surface area contributed by atoms with Crippen LogP contribution in [0.25, 0.3) is 11.1 Å². The fourth-order valence-electron chi connectivity index (χ4n) is 5.82. The van der Waals surface area contributed by atoms with Crippen molar-refractivity contribution in [2.24, 2.45) is 5.41 Å². The number of carbonyl (C=O) groups excluding carboxylic acids is 1. The molecule has 1 spiro atoms. The summed E-state index contributed by atoms with van der Waals surface area (Å²) in [6.45, 7) is 8.81. The Morgan fingerprint density at radius 1 is 1.23 bits per heavy atom. The highest BCUT2D eigenvalue weighted by Gasteiger charge is 2.49. The number of aryl methyl sites for hydroxylation is 1. The highest BCUT2D eigenvalue weighted by molar-refractivity contribution is 6.35. The Bertz CT molecular complexity index is 1470. The van der Waals surface area contributed by atoms with Gasteiger partial charge in [-0.15, -0.1) is 0 Å². The summed E-state index contributed by atoms with van der Waals surface area (Å²) in [5, 5.41) is 13.4. The SMILES string of the molecule is Cc1nc(N2CCC3(CC2)Cc2ccccc2[C@H]3NC(=O)OC(C)(C)C)nc(C#N)c1-c1ccnc(N)c1Cl. The molecule has 1 aromatic carbocycles. The number of hydrogen-bond acceptors (Lipinski definition) is 8. The fourth-order valence-corrected chi connectivity index (χ4v) is 6.02. The third-order valence-electron chi connectivity index (χ3n) is 7.59. The second-order valence-corrected chi connectivity index (χ2v) is 11.7. The maximum absolute atomic E-state index is 12.8. The van der Waals surface area contributed by atoms with Crippen molar-refractivity contribution < 1.29 is 9.53 Å². The first kappa shape index (κ1) is 26.7. The first-order valence-corrected chi connectivity index (χ1v) is 13.4. The van der Waals surface area contributed by atoms with Crippen LogP contribution >= 0.6 is 11.6 Å². The minimum absolute atomic E-state index is 0.147. The molecule has 0 unspecified atom stereocenters. The van der Waals surface area contributed by atoms with E-state index in [9.17, 15) is 10.1 Å². The molecule has 3 heterocycles. The van der Waals surface area contributed by atoms with Crippen molar-refractivity contribution in [3.8, 4) is 17.2 Å². The van der Waals surface area contributed by atoms with Gasteiger partial charge in [0, 0.05) is 35.8 Å². The number of piperidine rings is 1. The van der Waals surface area contributed by atoms with E-state index in [1.807, 2.05) is 39.8 Å². The molecule has 1 fully saturated rings. The summed E-state index contributed by atoms with van der Waals surface area (Å²) in [6, 6.07) is 12.1. The van der Waals surface area contributed by atoms with E-state index in [1.165, 1.54) is 5.56 Å². The van der Waals surface area contributed by atoms with Crippen LogP contribution in [-0.4, -0.2) is 39.7 Å². The molecule has 1 aliphatic carbocycles. The fraction of sp³-hybridized carbons (Fsp3) is 0.414. The van der Waals surface area contributed by atoms with E-state index in [1.54, 1.807) is 12.3 Å². The van der Waals surface area contributed by atoms with E-state index in [0.29, 0.717) is 35.9 Å². The number of nitrogen functional groups attached to an aromatic ring is 1. The van der Waals surface area contributed by atoms with Gasteiger partial charge in [-0.1, -0.05) is 35.9 Å². The largest absolute Gasteiger partial charge is 0.444 e. The molecule has 10 heteroatoms. The molecular formula is C29H32ClN7O2. The predicted octanol–water partition coefficient (Wildman–Crippen LogP) is 5.36. The lowest BCUT2D eigenvalue weighted by Gasteiger charge is -2.43. The zero-order chi connectivity index (χ0) is 27.9. The molecule has 1 amide bonds. The smallest absolute Gasteiger partial charge is 0.408 e. The molecule has 5 rings (SSSR count). The molecule has 1 saturated heterocycles. The third kappa shape index (κ3) is 5.09. The lowest BCUT2D eigenvalue weighted by molar-refractivity contribution is 0.0428. The van der Waals surface area contributed by atoms with Crippen LogP contribution in [-0.2, 0) is 11.2 Å². The van der Waals surface area contributed by atoms with Crippen molar-refractivity contribution in [1.29, 1.82) is 5.26 Å². The van der Waals surface area contributed by atoms with E-state index in [2.05, 4.69) is 38.4 Å². The van der Waals surface area contributed by atoms with Gasteiger partial charge in [0.2, 0.25) is 5.95 Å². The van der Waals surface area contributed by atoms with Crippen LogP contribution in [0.1, 0.15) is 62.2 Å². The van der Waals surface area contributed by atoms with E-state index < -0.39 is 11.7 Å². The molecule has 39 heavy (non-hydrogen) atoms. The van der Waals surface area contributed by atoms with Gasteiger partial charge in [-0.2, -0.15) is 5.26 Å². The summed E-state index contributed by atoms with van der Waals surface area (Å²) >= 11 is 6.41. The molecule has 2 aromatic heterocycles. The zero-order valence-electron chi connectivity index (χ0n) is 22.6. The van der Waals surface area contributed by atoms with Gasteiger partial charge in [-0.25, -0.2) is 19.7 Å². The summed E-state index contributed by atoms with van der Waals surface area (Å²) in [6.07, 6.45) is 3.66. The summed E-state index contributed by atoms with van der Waals surface area (Å²) in [5.41, 5.74) is 9.59. The number of benzene rings is 1. The van der Waals surface area contributed by atoms with Gasteiger partial charge in [0.1, 0.15) is 17.5 Å². The van der Waals surface area contributed by atoms with Crippen molar-refractivity contribution in [2.75, 3.05) is 23.7 Å². The molecule has 202 valence electrons. The monoisotopic (exact) mass is 545 g/mol. The van der Waals surface area contributed by atoms with Gasteiger partial charge in [0.15, 0.2) is 5.69 Å². The van der Waals surface area contributed by atoms with Crippen LogP contribution in [0.3, 0.4) is 0 Å². The molecule has 1 atom stereocenters. The molecule has 3 N–H and O–H groups in total. The number of rotatable bonds is 3. The van der Waals surface area contributed by atoms with Crippen molar-refractivity contribution in [3.63, 3.8) is 0 Å².